The first-order chi connectivity index (χ1) is 13.9. The maximum atomic E-state index is 11.7. The van der Waals surface area contributed by atoms with Gasteiger partial charge in [-0.05, 0) is 42.7 Å². The lowest BCUT2D eigenvalue weighted by atomic mass is 9.75. The van der Waals surface area contributed by atoms with Gasteiger partial charge < -0.3 is 14.2 Å². The molecular weight excluding hydrogens is 390 g/mol. The molecule has 0 aromatic heterocycles. The monoisotopic (exact) mass is 417 g/mol. The quantitative estimate of drug-likeness (QED) is 0.788. The highest BCUT2D eigenvalue weighted by atomic mass is 32.2. The van der Waals surface area contributed by atoms with E-state index >= 15 is 0 Å². The van der Waals surface area contributed by atoms with E-state index in [4.69, 9.17) is 14.2 Å². The summed E-state index contributed by atoms with van der Waals surface area (Å²) in [5, 5.41) is 0. The number of rotatable bonds is 5. The predicted octanol–water partition coefficient (Wildman–Crippen LogP) is 4.22. The largest absolute Gasteiger partial charge is 0.496 e. The summed E-state index contributed by atoms with van der Waals surface area (Å²) in [7, 11) is -0.00727. The minimum absolute atomic E-state index is 0.105. The molecule has 2 aliphatic rings. The van der Waals surface area contributed by atoms with Crippen LogP contribution in [0, 0.1) is 0 Å². The van der Waals surface area contributed by atoms with E-state index in [1.165, 1.54) is 6.42 Å². The van der Waals surface area contributed by atoms with Crippen LogP contribution in [-0.2, 0) is 14.8 Å². The average molecular weight is 418 g/mol. The summed E-state index contributed by atoms with van der Waals surface area (Å²) in [5.41, 5.74) is 3.54. The smallest absolute Gasteiger partial charge is 0.229 e. The predicted molar refractivity (Wildman–Crippen MR) is 112 cm³/mol. The average Bonchev–Trinajstić information content (AvgIpc) is 2.71. The van der Waals surface area contributed by atoms with E-state index in [0.717, 1.165) is 53.7 Å². The third-order valence-electron chi connectivity index (χ3n) is 5.79. The molecule has 0 amide bonds. The van der Waals surface area contributed by atoms with Crippen molar-refractivity contribution in [3.05, 3.63) is 53.1 Å². The highest BCUT2D eigenvalue weighted by Gasteiger charge is 2.41. The number of anilines is 1. The molecule has 156 valence electrons. The van der Waals surface area contributed by atoms with Crippen LogP contribution in [-0.4, -0.2) is 35.0 Å². The third-order valence-corrected chi connectivity index (χ3v) is 6.39. The number of sulfonamides is 1. The van der Waals surface area contributed by atoms with E-state index < -0.39 is 10.0 Å². The van der Waals surface area contributed by atoms with Gasteiger partial charge in [0, 0.05) is 22.7 Å². The molecule has 2 aromatic rings. The summed E-state index contributed by atoms with van der Waals surface area (Å²) in [6, 6.07) is 11.2. The topological polar surface area (TPSA) is 73.9 Å². The van der Waals surface area contributed by atoms with Crippen LogP contribution < -0.4 is 14.2 Å². The number of ether oxygens (including phenoxy) is 3. The number of fused-ring (bicyclic) bond motifs is 3. The zero-order valence-electron chi connectivity index (χ0n) is 17.0. The molecule has 6 nitrogen and oxygen atoms in total. The molecule has 1 aliphatic carbocycles. The van der Waals surface area contributed by atoms with Crippen LogP contribution in [0.5, 0.6) is 11.5 Å². The highest BCUT2D eigenvalue weighted by Crippen LogP contribution is 2.52. The molecule has 1 heterocycles. The van der Waals surface area contributed by atoms with Gasteiger partial charge in [0.2, 0.25) is 10.0 Å². The lowest BCUT2D eigenvalue weighted by Crippen LogP contribution is -2.34. The van der Waals surface area contributed by atoms with Gasteiger partial charge in [0.05, 0.1) is 26.6 Å². The Morgan fingerprint density at radius 3 is 2.38 bits per heavy atom. The van der Waals surface area contributed by atoms with Crippen LogP contribution in [0.3, 0.4) is 0 Å². The molecule has 0 radical (unpaired) electrons. The first-order valence-corrected chi connectivity index (χ1v) is 11.8. The van der Waals surface area contributed by atoms with Gasteiger partial charge >= 0.3 is 0 Å². The summed E-state index contributed by atoms with van der Waals surface area (Å²) < 4.78 is 44.0. The third kappa shape index (κ3) is 3.94. The summed E-state index contributed by atoms with van der Waals surface area (Å²) in [5.74, 6) is 1.89. The Morgan fingerprint density at radius 1 is 1.00 bits per heavy atom. The molecule has 4 rings (SSSR count). The molecule has 1 aliphatic heterocycles. The van der Waals surface area contributed by atoms with Crippen molar-refractivity contribution in [2.45, 2.75) is 43.8 Å². The number of hydrogen-bond donors (Lipinski definition) is 1. The van der Waals surface area contributed by atoms with Crippen molar-refractivity contribution in [2.24, 2.45) is 0 Å². The van der Waals surface area contributed by atoms with E-state index in [9.17, 15) is 8.42 Å². The van der Waals surface area contributed by atoms with Crippen molar-refractivity contribution in [1.82, 2.24) is 0 Å². The van der Waals surface area contributed by atoms with E-state index in [1.807, 2.05) is 30.3 Å². The SMILES string of the molecule is COc1ccc(OC)c2c1[C@@H](c1cccc(NS(C)(=O)=O)c1)O[C@@H]1CCCC[C@H]21. The fourth-order valence-electron chi connectivity index (χ4n) is 4.66. The maximum Gasteiger partial charge on any atom is 0.229 e. The molecule has 1 saturated carbocycles. The Bertz CT molecular complexity index is 1000. The van der Waals surface area contributed by atoms with Crippen LogP contribution in [0.4, 0.5) is 5.69 Å². The minimum Gasteiger partial charge on any atom is -0.496 e. The van der Waals surface area contributed by atoms with Crippen LogP contribution in [0.15, 0.2) is 36.4 Å². The van der Waals surface area contributed by atoms with Crippen molar-refractivity contribution in [1.29, 1.82) is 0 Å². The second-order valence-electron chi connectivity index (χ2n) is 7.74. The van der Waals surface area contributed by atoms with Gasteiger partial charge in [0.25, 0.3) is 0 Å². The van der Waals surface area contributed by atoms with E-state index in [2.05, 4.69) is 4.72 Å². The van der Waals surface area contributed by atoms with Gasteiger partial charge in [-0.15, -0.1) is 0 Å². The zero-order chi connectivity index (χ0) is 20.6. The molecule has 7 heteroatoms. The molecule has 3 atom stereocenters. The van der Waals surface area contributed by atoms with Crippen molar-refractivity contribution in [3.63, 3.8) is 0 Å². The van der Waals surface area contributed by atoms with Gasteiger partial charge in [-0.25, -0.2) is 8.42 Å². The van der Waals surface area contributed by atoms with Crippen LogP contribution in [0.1, 0.15) is 54.4 Å². The first-order valence-electron chi connectivity index (χ1n) is 9.89. The van der Waals surface area contributed by atoms with Gasteiger partial charge in [0.15, 0.2) is 0 Å². The molecule has 0 saturated heterocycles. The number of methoxy groups -OCH3 is 2. The molecule has 2 aromatic carbocycles. The summed E-state index contributed by atoms with van der Waals surface area (Å²) >= 11 is 0. The first kappa shape index (κ1) is 20.0. The molecule has 1 N–H and O–H groups in total. The summed E-state index contributed by atoms with van der Waals surface area (Å²) in [6.45, 7) is 0. The Kier molecular flexibility index (Phi) is 5.44. The summed E-state index contributed by atoms with van der Waals surface area (Å²) in [4.78, 5) is 0. The molecule has 29 heavy (non-hydrogen) atoms. The Morgan fingerprint density at radius 2 is 1.69 bits per heavy atom. The maximum absolute atomic E-state index is 11.7. The Labute approximate surface area is 172 Å². The molecular formula is C22H27NO5S. The van der Waals surface area contributed by atoms with Gasteiger partial charge in [-0.3, -0.25) is 4.72 Å². The molecule has 0 unspecified atom stereocenters. The van der Waals surface area contributed by atoms with Gasteiger partial charge in [-0.1, -0.05) is 25.0 Å². The van der Waals surface area contributed by atoms with Crippen molar-refractivity contribution >= 4 is 15.7 Å². The van der Waals surface area contributed by atoms with Crippen LogP contribution in [0.25, 0.3) is 0 Å². The molecule has 1 fully saturated rings. The lowest BCUT2D eigenvalue weighted by Gasteiger charge is -2.42. The fraction of sp³-hybridized carbons (Fsp3) is 0.455. The minimum atomic E-state index is -3.36. The van der Waals surface area contributed by atoms with E-state index in [1.54, 1.807) is 20.3 Å². The van der Waals surface area contributed by atoms with Crippen LogP contribution >= 0.6 is 0 Å². The second kappa shape index (κ2) is 7.88. The van der Waals surface area contributed by atoms with Gasteiger partial charge in [-0.2, -0.15) is 0 Å². The second-order valence-corrected chi connectivity index (χ2v) is 9.49. The molecule has 0 bridgehead atoms. The molecule has 0 spiro atoms. The van der Waals surface area contributed by atoms with Crippen molar-refractivity contribution in [3.8, 4) is 11.5 Å². The van der Waals surface area contributed by atoms with Gasteiger partial charge in [0.1, 0.15) is 17.6 Å². The Balaban J connectivity index is 1.86. The number of hydrogen-bond acceptors (Lipinski definition) is 5. The number of nitrogens with one attached hydrogen (secondary N) is 1. The zero-order valence-corrected chi connectivity index (χ0v) is 17.8. The lowest BCUT2D eigenvalue weighted by molar-refractivity contribution is -0.0406. The number of benzene rings is 2. The standard InChI is InChI=1S/C22H27NO5S/c1-26-18-11-12-19(27-2)21-20(18)16-9-4-5-10-17(16)28-22(21)14-7-6-8-15(13-14)23-29(3,24)25/h6-8,11-13,16-17,22-23H,4-5,9-10H2,1-3H3/t16-,17+,22+/m0/s1. The summed E-state index contributed by atoms with van der Waals surface area (Å²) in [6.07, 6.45) is 5.27. The van der Waals surface area contributed by atoms with Crippen molar-refractivity contribution < 1.29 is 22.6 Å². The fourth-order valence-corrected chi connectivity index (χ4v) is 5.22. The van der Waals surface area contributed by atoms with E-state index in [0.29, 0.717) is 5.69 Å². The normalized spacial score (nSPS) is 23.6. The Hall–Kier alpha value is -2.25. The van der Waals surface area contributed by atoms with E-state index in [-0.39, 0.29) is 18.1 Å². The van der Waals surface area contributed by atoms with Crippen molar-refractivity contribution in [2.75, 3.05) is 25.2 Å². The highest BCUT2D eigenvalue weighted by molar-refractivity contribution is 7.92. The van der Waals surface area contributed by atoms with Crippen LogP contribution in [0.2, 0.25) is 0 Å².